The maximum atomic E-state index is 14.6. The van der Waals surface area contributed by atoms with Gasteiger partial charge in [-0.1, -0.05) is 12.1 Å². The monoisotopic (exact) mass is 351 g/mol. The van der Waals surface area contributed by atoms with Gasteiger partial charge < -0.3 is 5.11 Å². The third-order valence-corrected chi connectivity index (χ3v) is 5.12. The molecule has 3 nitrogen and oxygen atoms in total. The first-order chi connectivity index (χ1) is 10.2. The van der Waals surface area contributed by atoms with Gasteiger partial charge in [-0.15, -0.1) is 0 Å². The van der Waals surface area contributed by atoms with Gasteiger partial charge in [0.15, 0.2) is 0 Å². The largest absolute Gasteiger partial charge is 0.384 e. The van der Waals surface area contributed by atoms with Crippen LogP contribution in [0, 0.1) is 5.82 Å². The van der Waals surface area contributed by atoms with Crippen molar-refractivity contribution in [2.24, 2.45) is 0 Å². The molecule has 132 valence electrons. The van der Waals surface area contributed by atoms with Crippen LogP contribution < -0.4 is 4.72 Å². The van der Waals surface area contributed by atoms with Gasteiger partial charge in [-0.2, -0.15) is 8.78 Å². The molecular weight excluding hydrogens is 327 g/mol. The van der Waals surface area contributed by atoms with Crippen LogP contribution in [-0.4, -0.2) is 19.7 Å². The minimum Gasteiger partial charge on any atom is -0.384 e. The topological polar surface area (TPSA) is 49.3 Å². The molecule has 7 heteroatoms. The van der Waals surface area contributed by atoms with Crippen molar-refractivity contribution in [2.45, 2.75) is 63.9 Å². The minimum atomic E-state index is -3.75. The first-order valence-corrected chi connectivity index (χ1v) is 8.41. The highest BCUT2D eigenvalue weighted by molar-refractivity contribution is 7.84. The number of hydrogen-bond acceptors (Lipinski definition) is 2. The summed E-state index contributed by atoms with van der Waals surface area (Å²) in [6.07, 6.45) is 0. The maximum Gasteiger partial charge on any atom is 0.303 e. The summed E-state index contributed by atoms with van der Waals surface area (Å²) >= 11 is 0. The number of nitrogens with one attached hydrogen (secondary N) is 1. The van der Waals surface area contributed by atoms with E-state index in [9.17, 15) is 22.5 Å². The van der Waals surface area contributed by atoms with Crippen LogP contribution in [-0.2, 0) is 16.9 Å². The molecule has 0 saturated heterocycles. The Morgan fingerprint density at radius 2 is 1.70 bits per heavy atom. The summed E-state index contributed by atoms with van der Waals surface area (Å²) in [5.74, 6) is -4.86. The molecule has 0 bridgehead atoms. The molecule has 2 atom stereocenters. The fourth-order valence-corrected chi connectivity index (χ4v) is 2.66. The van der Waals surface area contributed by atoms with E-state index < -0.39 is 44.7 Å². The molecule has 1 unspecified atom stereocenters. The van der Waals surface area contributed by atoms with Gasteiger partial charge in [0.1, 0.15) is 11.4 Å². The third-order valence-electron chi connectivity index (χ3n) is 3.44. The van der Waals surface area contributed by atoms with E-state index in [0.29, 0.717) is 0 Å². The van der Waals surface area contributed by atoms with Gasteiger partial charge in [0.2, 0.25) is 0 Å². The lowest BCUT2D eigenvalue weighted by Crippen LogP contribution is -2.41. The molecule has 0 aromatic heterocycles. The van der Waals surface area contributed by atoms with Gasteiger partial charge in [-0.25, -0.2) is 13.3 Å². The zero-order valence-electron chi connectivity index (χ0n) is 14.2. The first-order valence-electron chi connectivity index (χ1n) is 7.26. The van der Waals surface area contributed by atoms with E-state index in [4.69, 9.17) is 0 Å². The molecule has 2 N–H and O–H groups in total. The van der Waals surface area contributed by atoms with Crippen LogP contribution in [0.15, 0.2) is 18.2 Å². The Bertz CT molecular complexity index is 592. The molecule has 0 radical (unpaired) electrons. The van der Waals surface area contributed by atoms with E-state index >= 15 is 0 Å². The van der Waals surface area contributed by atoms with Crippen LogP contribution in [0.25, 0.3) is 0 Å². The first kappa shape index (κ1) is 20.1. The number of hydrogen-bond donors (Lipinski definition) is 2. The molecule has 0 aliphatic heterocycles. The zero-order chi connectivity index (χ0) is 18.2. The quantitative estimate of drug-likeness (QED) is 0.848. The fourth-order valence-electron chi connectivity index (χ4n) is 1.86. The SMILES string of the molecule is C[C@H](NS(=O)C(C)(C)C)c1cccc(C(F)(F)C(C)(C)O)c1F. The predicted molar refractivity (Wildman–Crippen MR) is 86.0 cm³/mol. The average molecular weight is 351 g/mol. The highest BCUT2D eigenvalue weighted by atomic mass is 32.2. The molecule has 0 fully saturated rings. The number of halogens is 3. The summed E-state index contributed by atoms with van der Waals surface area (Å²) < 4.78 is 57.3. The fraction of sp³-hybridized carbons (Fsp3) is 0.625. The van der Waals surface area contributed by atoms with Crippen LogP contribution in [0.1, 0.15) is 58.7 Å². The van der Waals surface area contributed by atoms with Crippen LogP contribution in [0.2, 0.25) is 0 Å². The van der Waals surface area contributed by atoms with Crippen LogP contribution in [0.3, 0.4) is 0 Å². The van der Waals surface area contributed by atoms with Crippen LogP contribution >= 0.6 is 0 Å². The van der Waals surface area contributed by atoms with Gasteiger partial charge in [-0.3, -0.25) is 0 Å². The van der Waals surface area contributed by atoms with E-state index in [0.717, 1.165) is 19.9 Å². The van der Waals surface area contributed by atoms with Crippen molar-refractivity contribution in [3.05, 3.63) is 35.1 Å². The highest BCUT2D eigenvalue weighted by Gasteiger charge is 2.49. The van der Waals surface area contributed by atoms with Crippen molar-refractivity contribution in [1.29, 1.82) is 0 Å². The number of rotatable bonds is 5. The van der Waals surface area contributed by atoms with E-state index in [1.165, 1.54) is 12.1 Å². The van der Waals surface area contributed by atoms with Gasteiger partial charge >= 0.3 is 5.92 Å². The molecule has 1 aromatic rings. The Morgan fingerprint density at radius 1 is 1.17 bits per heavy atom. The Morgan fingerprint density at radius 3 is 2.13 bits per heavy atom. The number of benzene rings is 1. The standard InChI is InChI=1S/C16H24F3NO2S/c1-10(20-23(22)14(2,3)4)11-8-7-9-12(13(11)17)16(18,19)15(5,6)21/h7-10,20-21H,1-6H3/t10-,23?/m0/s1. The van der Waals surface area contributed by atoms with Crippen molar-refractivity contribution in [3.63, 3.8) is 0 Å². The molecule has 0 spiro atoms. The lowest BCUT2D eigenvalue weighted by Gasteiger charge is -2.30. The van der Waals surface area contributed by atoms with Crippen molar-refractivity contribution in [1.82, 2.24) is 4.72 Å². The number of aliphatic hydroxyl groups is 1. The lowest BCUT2D eigenvalue weighted by molar-refractivity contribution is -0.170. The predicted octanol–water partition coefficient (Wildman–Crippen LogP) is 3.80. The average Bonchev–Trinajstić information content (AvgIpc) is 2.35. The van der Waals surface area contributed by atoms with Gasteiger partial charge in [-0.05, 0) is 47.6 Å². The van der Waals surface area contributed by atoms with Crippen molar-refractivity contribution >= 4 is 11.0 Å². The van der Waals surface area contributed by atoms with Crippen LogP contribution in [0.5, 0.6) is 0 Å². The van der Waals surface area contributed by atoms with Crippen molar-refractivity contribution in [3.8, 4) is 0 Å². The molecule has 0 heterocycles. The second kappa shape index (κ2) is 6.53. The van der Waals surface area contributed by atoms with Crippen molar-refractivity contribution in [2.75, 3.05) is 0 Å². The second-order valence-electron chi connectivity index (χ2n) is 7.06. The maximum absolute atomic E-state index is 14.6. The number of alkyl halides is 2. The van der Waals surface area contributed by atoms with Crippen LogP contribution in [0.4, 0.5) is 13.2 Å². The molecule has 0 aliphatic rings. The molecule has 23 heavy (non-hydrogen) atoms. The molecule has 0 aliphatic carbocycles. The Hall–Kier alpha value is -0.920. The third kappa shape index (κ3) is 4.33. The van der Waals surface area contributed by atoms with E-state index in [2.05, 4.69) is 4.72 Å². The summed E-state index contributed by atoms with van der Waals surface area (Å²) in [5.41, 5.74) is -3.31. The second-order valence-corrected chi connectivity index (χ2v) is 9.06. The molecular formula is C16H24F3NO2S. The summed E-state index contributed by atoms with van der Waals surface area (Å²) in [5, 5.41) is 9.62. The van der Waals surface area contributed by atoms with Gasteiger partial charge in [0.25, 0.3) is 0 Å². The Labute approximate surface area is 137 Å². The van der Waals surface area contributed by atoms with E-state index in [1.54, 1.807) is 27.7 Å². The summed E-state index contributed by atoms with van der Waals surface area (Å²) in [6, 6.07) is 2.87. The molecule has 1 rings (SSSR count). The normalized spacial score (nSPS) is 16.3. The van der Waals surface area contributed by atoms with Gasteiger partial charge in [0, 0.05) is 11.6 Å². The smallest absolute Gasteiger partial charge is 0.303 e. The minimum absolute atomic E-state index is 0.0241. The molecule has 0 saturated carbocycles. The van der Waals surface area contributed by atoms with Crippen molar-refractivity contribution < 1.29 is 22.5 Å². The Kier molecular flexibility index (Phi) is 5.71. The summed E-state index contributed by atoms with van der Waals surface area (Å²) in [6.45, 7) is 8.65. The Balaban J connectivity index is 3.22. The highest BCUT2D eigenvalue weighted by Crippen LogP contribution is 2.41. The lowest BCUT2D eigenvalue weighted by atomic mass is 9.91. The molecule has 0 amide bonds. The van der Waals surface area contributed by atoms with Gasteiger partial charge in [0.05, 0.1) is 21.3 Å². The summed E-state index contributed by atoms with van der Waals surface area (Å²) in [4.78, 5) is 0. The summed E-state index contributed by atoms with van der Waals surface area (Å²) in [7, 11) is -1.47. The van der Waals surface area contributed by atoms with E-state index in [1.807, 2.05) is 0 Å². The molecule has 1 aromatic carbocycles. The van der Waals surface area contributed by atoms with E-state index in [-0.39, 0.29) is 5.56 Å². The zero-order valence-corrected chi connectivity index (χ0v) is 15.0.